The molecule has 1 aliphatic heterocycles. The van der Waals surface area contributed by atoms with Crippen LogP contribution in [0.5, 0.6) is 5.88 Å². The molecule has 26 heavy (non-hydrogen) atoms. The van der Waals surface area contributed by atoms with Crippen molar-refractivity contribution in [2.45, 2.75) is 18.9 Å². The molecular formula is C20H18FN3OS. The van der Waals surface area contributed by atoms with E-state index in [0.717, 1.165) is 24.0 Å². The zero-order valence-electron chi connectivity index (χ0n) is 14.4. The summed E-state index contributed by atoms with van der Waals surface area (Å²) in [6.45, 7) is 1.66. The van der Waals surface area contributed by atoms with Crippen molar-refractivity contribution in [2.24, 2.45) is 0 Å². The van der Waals surface area contributed by atoms with Crippen molar-refractivity contribution in [1.82, 2.24) is 14.9 Å². The number of hydrogen-bond acceptors (Lipinski definition) is 5. The zero-order valence-corrected chi connectivity index (χ0v) is 15.2. The number of nitrogens with zero attached hydrogens (tertiary/aromatic N) is 3. The van der Waals surface area contributed by atoms with Crippen LogP contribution in [0.15, 0.2) is 35.0 Å². The maximum absolute atomic E-state index is 13.3. The van der Waals surface area contributed by atoms with Crippen molar-refractivity contribution >= 4 is 22.4 Å². The molecule has 4 rings (SSSR count). The molecule has 6 heteroatoms. The van der Waals surface area contributed by atoms with Crippen molar-refractivity contribution in [2.75, 3.05) is 20.2 Å². The molecule has 0 aliphatic carbocycles. The Balaban J connectivity index is 1.63. The summed E-state index contributed by atoms with van der Waals surface area (Å²) in [6.07, 6.45) is 2.31. The van der Waals surface area contributed by atoms with E-state index in [9.17, 15) is 4.39 Å². The van der Waals surface area contributed by atoms with Crippen LogP contribution in [0, 0.1) is 17.7 Å². The molecule has 1 atom stereocenters. The Morgan fingerprint density at radius 1 is 1.27 bits per heavy atom. The zero-order chi connectivity index (χ0) is 17.9. The first kappa shape index (κ1) is 17.0. The second-order valence-corrected chi connectivity index (χ2v) is 7.11. The fourth-order valence-corrected chi connectivity index (χ4v) is 3.70. The lowest BCUT2D eigenvalue weighted by Gasteiger charge is -2.19. The van der Waals surface area contributed by atoms with Gasteiger partial charge in [0.15, 0.2) is 5.69 Å². The van der Waals surface area contributed by atoms with Gasteiger partial charge < -0.3 is 9.64 Å². The summed E-state index contributed by atoms with van der Waals surface area (Å²) >= 11 is 1.54. The summed E-state index contributed by atoms with van der Waals surface area (Å²) in [5.74, 6) is 6.09. The topological polar surface area (TPSA) is 38.2 Å². The Kier molecular flexibility index (Phi) is 4.83. The Morgan fingerprint density at radius 2 is 2.12 bits per heavy atom. The highest BCUT2D eigenvalue weighted by Gasteiger charge is 2.22. The average molecular weight is 367 g/mol. The van der Waals surface area contributed by atoms with E-state index in [2.05, 4.69) is 33.8 Å². The molecule has 0 radical (unpaired) electrons. The smallest absolute Gasteiger partial charge is 0.249 e. The second-order valence-electron chi connectivity index (χ2n) is 6.37. The van der Waals surface area contributed by atoms with Crippen LogP contribution in [0.3, 0.4) is 0 Å². The monoisotopic (exact) mass is 367 g/mol. The maximum atomic E-state index is 13.3. The molecule has 1 fully saturated rings. The van der Waals surface area contributed by atoms with Gasteiger partial charge in [-0.2, -0.15) is 0 Å². The number of aromatic nitrogens is 2. The summed E-state index contributed by atoms with van der Waals surface area (Å²) in [4.78, 5) is 11.5. The van der Waals surface area contributed by atoms with Crippen molar-refractivity contribution in [3.8, 4) is 17.7 Å². The van der Waals surface area contributed by atoms with Gasteiger partial charge in [-0.1, -0.05) is 12.0 Å². The predicted molar refractivity (Wildman–Crippen MR) is 101 cm³/mol. The third-order valence-electron chi connectivity index (χ3n) is 4.51. The van der Waals surface area contributed by atoms with Gasteiger partial charge >= 0.3 is 0 Å². The highest BCUT2D eigenvalue weighted by Crippen LogP contribution is 2.23. The number of benzene rings is 1. The Bertz CT molecular complexity index is 991. The van der Waals surface area contributed by atoms with Gasteiger partial charge in [0.05, 0.1) is 0 Å². The van der Waals surface area contributed by atoms with Crippen LogP contribution in [0.1, 0.15) is 24.1 Å². The molecule has 0 N–H and O–H groups in total. The normalized spacial score (nSPS) is 17.2. The van der Waals surface area contributed by atoms with E-state index >= 15 is 0 Å². The van der Waals surface area contributed by atoms with E-state index in [0.29, 0.717) is 29.8 Å². The van der Waals surface area contributed by atoms with Crippen LogP contribution in [0.25, 0.3) is 11.0 Å². The minimum Gasteiger partial charge on any atom is -0.474 e. The van der Waals surface area contributed by atoms with Crippen LogP contribution in [0.4, 0.5) is 4.39 Å². The summed E-state index contributed by atoms with van der Waals surface area (Å²) < 4.78 is 19.3. The van der Waals surface area contributed by atoms with Crippen LogP contribution in [0.2, 0.25) is 0 Å². The van der Waals surface area contributed by atoms with E-state index in [4.69, 9.17) is 4.74 Å². The fourth-order valence-electron chi connectivity index (χ4n) is 3.03. The van der Waals surface area contributed by atoms with Crippen molar-refractivity contribution in [1.29, 1.82) is 0 Å². The van der Waals surface area contributed by atoms with Crippen molar-refractivity contribution in [3.63, 3.8) is 0 Å². The molecule has 4 nitrogen and oxygen atoms in total. The first-order valence-electron chi connectivity index (χ1n) is 8.53. The SMILES string of the molecule is CN1CCCC1COc1nc2cscc2nc1C#Cc1cccc(F)c1. The first-order chi connectivity index (χ1) is 12.7. The van der Waals surface area contributed by atoms with E-state index in [1.807, 2.05) is 10.8 Å². The lowest BCUT2D eigenvalue weighted by atomic mass is 10.2. The van der Waals surface area contributed by atoms with Crippen molar-refractivity contribution in [3.05, 3.63) is 52.1 Å². The highest BCUT2D eigenvalue weighted by atomic mass is 32.1. The third kappa shape index (κ3) is 3.69. The fraction of sp³-hybridized carbons (Fsp3) is 0.300. The molecule has 0 bridgehead atoms. The standard InChI is InChI=1S/C20H18FN3OS/c1-24-9-3-6-16(24)11-25-20-17(22-18-12-26-13-19(18)23-20)8-7-14-4-2-5-15(21)10-14/h2,4-5,10,12-13,16H,3,6,9,11H2,1H3. The van der Waals surface area contributed by atoms with Gasteiger partial charge in [0.1, 0.15) is 23.5 Å². The van der Waals surface area contributed by atoms with E-state index in [1.54, 1.807) is 23.5 Å². The van der Waals surface area contributed by atoms with Gasteiger partial charge in [-0.15, -0.1) is 11.3 Å². The maximum Gasteiger partial charge on any atom is 0.249 e. The minimum atomic E-state index is -0.308. The summed E-state index contributed by atoms with van der Waals surface area (Å²) in [5, 5.41) is 3.88. The third-order valence-corrected chi connectivity index (χ3v) is 5.23. The average Bonchev–Trinajstić information content (AvgIpc) is 3.26. The van der Waals surface area contributed by atoms with Gasteiger partial charge in [0.2, 0.25) is 5.88 Å². The van der Waals surface area contributed by atoms with Gasteiger partial charge in [0, 0.05) is 22.4 Å². The van der Waals surface area contributed by atoms with E-state index in [-0.39, 0.29) is 5.82 Å². The summed E-state index contributed by atoms with van der Waals surface area (Å²) in [7, 11) is 2.11. The molecule has 3 aromatic rings. The summed E-state index contributed by atoms with van der Waals surface area (Å²) in [5.41, 5.74) is 2.68. The van der Waals surface area contributed by atoms with Crippen LogP contribution >= 0.6 is 11.3 Å². The molecule has 1 aliphatic rings. The molecule has 2 aromatic heterocycles. The van der Waals surface area contributed by atoms with Crippen LogP contribution < -0.4 is 4.74 Å². The molecule has 0 spiro atoms. The molecule has 1 saturated heterocycles. The highest BCUT2D eigenvalue weighted by molar-refractivity contribution is 7.09. The summed E-state index contributed by atoms with van der Waals surface area (Å²) in [6, 6.07) is 6.59. The number of likely N-dealkylation sites (N-methyl/N-ethyl adjacent to an activating group) is 1. The Labute approximate surface area is 155 Å². The number of rotatable bonds is 3. The Hall–Kier alpha value is -2.49. The van der Waals surface area contributed by atoms with E-state index < -0.39 is 0 Å². The molecule has 3 heterocycles. The largest absolute Gasteiger partial charge is 0.474 e. The van der Waals surface area contributed by atoms with Gasteiger partial charge in [-0.05, 0) is 50.6 Å². The molecule has 132 valence electrons. The number of hydrogen-bond donors (Lipinski definition) is 0. The lowest BCUT2D eigenvalue weighted by Crippen LogP contribution is -2.30. The van der Waals surface area contributed by atoms with Crippen molar-refractivity contribution < 1.29 is 9.13 Å². The number of ether oxygens (including phenoxy) is 1. The predicted octanol–water partition coefficient (Wildman–Crippen LogP) is 3.70. The first-order valence-corrected chi connectivity index (χ1v) is 9.48. The molecule has 1 aromatic carbocycles. The van der Waals surface area contributed by atoms with Crippen LogP contribution in [-0.2, 0) is 0 Å². The molecular weight excluding hydrogens is 349 g/mol. The second kappa shape index (κ2) is 7.40. The lowest BCUT2D eigenvalue weighted by molar-refractivity contribution is 0.193. The quantitative estimate of drug-likeness (QED) is 0.662. The Morgan fingerprint density at radius 3 is 2.88 bits per heavy atom. The number of fused-ring (bicyclic) bond motifs is 1. The van der Waals surface area contributed by atoms with Crippen LogP contribution in [-0.4, -0.2) is 41.1 Å². The molecule has 0 amide bonds. The number of halogens is 1. The van der Waals surface area contributed by atoms with E-state index in [1.165, 1.54) is 18.6 Å². The molecule has 1 unspecified atom stereocenters. The minimum absolute atomic E-state index is 0.308. The number of likely N-dealkylation sites (tertiary alicyclic amines) is 1. The van der Waals surface area contributed by atoms with Gasteiger partial charge in [-0.25, -0.2) is 14.4 Å². The van der Waals surface area contributed by atoms with Gasteiger partial charge in [0.25, 0.3) is 0 Å². The number of thiophene rings is 1. The van der Waals surface area contributed by atoms with Gasteiger partial charge in [-0.3, -0.25) is 0 Å². The molecule has 0 saturated carbocycles.